The first-order valence-corrected chi connectivity index (χ1v) is 8.63. The lowest BCUT2D eigenvalue weighted by molar-refractivity contribution is 0.0135. The van der Waals surface area contributed by atoms with Crippen LogP contribution in [0.2, 0.25) is 0 Å². The van der Waals surface area contributed by atoms with E-state index < -0.39 is 0 Å². The number of aryl methyl sites for hydroxylation is 2. The Labute approximate surface area is 148 Å². The molecule has 1 fully saturated rings. The highest BCUT2D eigenvalue weighted by molar-refractivity contribution is 5.92. The van der Waals surface area contributed by atoms with Crippen molar-refractivity contribution in [3.8, 4) is 0 Å². The van der Waals surface area contributed by atoms with Crippen LogP contribution in [0.3, 0.4) is 0 Å². The highest BCUT2D eigenvalue weighted by atomic mass is 16.5. The third kappa shape index (κ3) is 4.84. The summed E-state index contributed by atoms with van der Waals surface area (Å²) in [6.45, 7) is 7.74. The maximum Gasteiger partial charge on any atom is 0.193 e. The van der Waals surface area contributed by atoms with E-state index in [0.717, 1.165) is 43.5 Å². The molecule has 0 amide bonds. The van der Waals surface area contributed by atoms with Crippen LogP contribution in [0.1, 0.15) is 23.1 Å². The average Bonchev–Trinajstić information content (AvgIpc) is 3.02. The van der Waals surface area contributed by atoms with Crippen molar-refractivity contribution in [2.45, 2.75) is 19.9 Å². The molecule has 1 aliphatic heterocycles. The van der Waals surface area contributed by atoms with Gasteiger partial charge in [-0.2, -0.15) is 0 Å². The third-order valence-electron chi connectivity index (χ3n) is 4.30. The first-order chi connectivity index (χ1) is 12.1. The Morgan fingerprint density at radius 1 is 1.24 bits per heavy atom. The number of nitrogens with one attached hydrogen (secondary N) is 1. The number of hydrogen-bond acceptors (Lipinski definition) is 4. The summed E-state index contributed by atoms with van der Waals surface area (Å²) in [5.74, 6) is 2.24. The van der Waals surface area contributed by atoms with Crippen LogP contribution in [0.5, 0.6) is 0 Å². The molecule has 1 atom stereocenters. The van der Waals surface area contributed by atoms with Crippen LogP contribution in [0, 0.1) is 13.8 Å². The standard InChI is InChI=1S/C19H26N4O2/c1-14-4-3-5-16(12-14)22-19(20)21-13-17(18-7-6-15(2)25-18)23-8-10-24-11-9-23/h3-7,12,17H,8-11,13H2,1-2H3,(H3,20,21,22). The summed E-state index contributed by atoms with van der Waals surface area (Å²) in [5, 5.41) is 3.15. The Bertz CT molecular complexity index is 720. The van der Waals surface area contributed by atoms with Crippen LogP contribution in [0.4, 0.5) is 5.69 Å². The molecule has 1 aromatic carbocycles. The molecule has 0 spiro atoms. The van der Waals surface area contributed by atoms with Crippen LogP contribution in [-0.4, -0.2) is 43.7 Å². The Hall–Kier alpha value is -2.31. The van der Waals surface area contributed by atoms with Crippen LogP contribution < -0.4 is 11.1 Å². The van der Waals surface area contributed by atoms with Gasteiger partial charge in [-0.05, 0) is 43.7 Å². The van der Waals surface area contributed by atoms with E-state index in [1.165, 1.54) is 5.56 Å². The number of hydrogen-bond donors (Lipinski definition) is 2. The highest BCUT2D eigenvalue weighted by Gasteiger charge is 2.25. The second-order valence-corrected chi connectivity index (χ2v) is 6.33. The van der Waals surface area contributed by atoms with Gasteiger partial charge in [0.2, 0.25) is 0 Å². The molecule has 1 saturated heterocycles. The molecule has 6 heteroatoms. The van der Waals surface area contributed by atoms with E-state index in [0.29, 0.717) is 12.5 Å². The van der Waals surface area contributed by atoms with Crippen molar-refractivity contribution >= 4 is 11.6 Å². The van der Waals surface area contributed by atoms with Gasteiger partial charge in [-0.25, -0.2) is 0 Å². The first-order valence-electron chi connectivity index (χ1n) is 8.63. The van der Waals surface area contributed by atoms with Gasteiger partial charge in [0, 0.05) is 18.8 Å². The Morgan fingerprint density at radius 2 is 2.04 bits per heavy atom. The van der Waals surface area contributed by atoms with Gasteiger partial charge in [0.1, 0.15) is 11.5 Å². The van der Waals surface area contributed by atoms with Crippen molar-refractivity contribution in [1.29, 1.82) is 0 Å². The molecule has 3 N–H and O–H groups in total. The predicted molar refractivity (Wildman–Crippen MR) is 99.9 cm³/mol. The summed E-state index contributed by atoms with van der Waals surface area (Å²) in [6, 6.07) is 12.1. The molecule has 25 heavy (non-hydrogen) atoms. The Morgan fingerprint density at radius 3 is 2.72 bits per heavy atom. The third-order valence-corrected chi connectivity index (χ3v) is 4.30. The lowest BCUT2D eigenvalue weighted by Crippen LogP contribution is -2.40. The number of furan rings is 1. The molecular weight excluding hydrogens is 316 g/mol. The van der Waals surface area contributed by atoms with Crippen LogP contribution >= 0.6 is 0 Å². The summed E-state index contributed by atoms with van der Waals surface area (Å²) in [6.07, 6.45) is 0. The summed E-state index contributed by atoms with van der Waals surface area (Å²) in [5.41, 5.74) is 8.20. The van der Waals surface area contributed by atoms with Gasteiger partial charge in [0.15, 0.2) is 5.96 Å². The number of nitrogens with zero attached hydrogens (tertiary/aromatic N) is 2. The maximum atomic E-state index is 6.08. The summed E-state index contributed by atoms with van der Waals surface area (Å²) < 4.78 is 11.3. The second kappa shape index (κ2) is 8.18. The first kappa shape index (κ1) is 17.5. The number of nitrogens with two attached hydrogens (primary N) is 1. The van der Waals surface area contributed by atoms with Gasteiger partial charge < -0.3 is 20.2 Å². The Kier molecular flexibility index (Phi) is 5.73. The molecule has 0 radical (unpaired) electrons. The largest absolute Gasteiger partial charge is 0.465 e. The minimum atomic E-state index is 0.0652. The van der Waals surface area contributed by atoms with E-state index in [-0.39, 0.29) is 6.04 Å². The van der Waals surface area contributed by atoms with Gasteiger partial charge in [0.05, 0.1) is 25.8 Å². The summed E-state index contributed by atoms with van der Waals surface area (Å²) >= 11 is 0. The van der Waals surface area contributed by atoms with Crippen molar-refractivity contribution in [3.63, 3.8) is 0 Å². The van der Waals surface area contributed by atoms with Crippen molar-refractivity contribution < 1.29 is 9.15 Å². The number of aliphatic imine (C=N–C) groups is 1. The number of ether oxygens (including phenoxy) is 1. The highest BCUT2D eigenvalue weighted by Crippen LogP contribution is 2.24. The fourth-order valence-electron chi connectivity index (χ4n) is 3.00. The zero-order chi connectivity index (χ0) is 17.6. The zero-order valence-corrected chi connectivity index (χ0v) is 14.9. The van der Waals surface area contributed by atoms with Gasteiger partial charge in [-0.1, -0.05) is 12.1 Å². The molecule has 6 nitrogen and oxygen atoms in total. The predicted octanol–water partition coefficient (Wildman–Crippen LogP) is 2.70. The topological polar surface area (TPSA) is 76.0 Å². The lowest BCUT2D eigenvalue weighted by Gasteiger charge is -2.32. The van der Waals surface area contributed by atoms with Crippen LogP contribution in [0.15, 0.2) is 45.8 Å². The Balaban J connectivity index is 1.70. The van der Waals surface area contributed by atoms with Gasteiger partial charge in [0.25, 0.3) is 0 Å². The van der Waals surface area contributed by atoms with Crippen molar-refractivity contribution in [1.82, 2.24) is 4.90 Å². The summed E-state index contributed by atoms with van der Waals surface area (Å²) in [7, 11) is 0. The SMILES string of the molecule is Cc1cccc(NC(N)=NCC(c2ccc(C)o2)N2CCOCC2)c1. The fourth-order valence-corrected chi connectivity index (χ4v) is 3.00. The van der Waals surface area contributed by atoms with E-state index in [4.69, 9.17) is 14.9 Å². The molecule has 3 rings (SSSR count). The molecule has 1 unspecified atom stereocenters. The molecule has 1 aromatic heterocycles. The van der Waals surface area contributed by atoms with Crippen LogP contribution in [0.25, 0.3) is 0 Å². The zero-order valence-electron chi connectivity index (χ0n) is 14.9. The molecular formula is C19H26N4O2. The number of anilines is 1. The van der Waals surface area contributed by atoms with E-state index >= 15 is 0 Å². The lowest BCUT2D eigenvalue weighted by atomic mass is 10.1. The van der Waals surface area contributed by atoms with Crippen molar-refractivity contribution in [2.24, 2.45) is 10.7 Å². The normalized spacial score (nSPS) is 17.4. The number of rotatable bonds is 5. The maximum absolute atomic E-state index is 6.08. The molecule has 0 bridgehead atoms. The number of benzene rings is 1. The fraction of sp³-hybridized carbons (Fsp3) is 0.421. The quantitative estimate of drug-likeness (QED) is 0.645. The molecule has 134 valence electrons. The minimum Gasteiger partial charge on any atom is -0.465 e. The average molecular weight is 342 g/mol. The van der Waals surface area contributed by atoms with E-state index in [2.05, 4.69) is 15.2 Å². The molecule has 1 aliphatic rings. The minimum absolute atomic E-state index is 0.0652. The molecule has 2 heterocycles. The smallest absolute Gasteiger partial charge is 0.193 e. The number of morpholine rings is 1. The van der Waals surface area contributed by atoms with Crippen molar-refractivity contribution in [3.05, 3.63) is 53.5 Å². The monoisotopic (exact) mass is 342 g/mol. The molecule has 2 aromatic rings. The van der Waals surface area contributed by atoms with E-state index in [1.807, 2.05) is 50.2 Å². The van der Waals surface area contributed by atoms with Crippen molar-refractivity contribution in [2.75, 3.05) is 38.2 Å². The number of guanidine groups is 1. The summed E-state index contributed by atoms with van der Waals surface area (Å²) in [4.78, 5) is 6.89. The van der Waals surface area contributed by atoms with Gasteiger partial charge >= 0.3 is 0 Å². The second-order valence-electron chi connectivity index (χ2n) is 6.33. The van der Waals surface area contributed by atoms with Gasteiger partial charge in [-0.15, -0.1) is 0 Å². The van der Waals surface area contributed by atoms with Crippen LogP contribution in [-0.2, 0) is 4.74 Å². The van der Waals surface area contributed by atoms with Gasteiger partial charge in [-0.3, -0.25) is 9.89 Å². The van der Waals surface area contributed by atoms with E-state index in [1.54, 1.807) is 0 Å². The van der Waals surface area contributed by atoms with E-state index in [9.17, 15) is 0 Å². The molecule has 0 saturated carbocycles. The molecule has 0 aliphatic carbocycles.